The number of hydrogen-bond donors (Lipinski definition) is 1. The van der Waals surface area contributed by atoms with Crippen molar-refractivity contribution in [3.63, 3.8) is 0 Å². The van der Waals surface area contributed by atoms with Crippen molar-refractivity contribution in [1.29, 1.82) is 0 Å². The van der Waals surface area contributed by atoms with Crippen LogP contribution < -0.4 is 5.73 Å². The summed E-state index contributed by atoms with van der Waals surface area (Å²) in [5.74, 6) is 0. The van der Waals surface area contributed by atoms with Crippen molar-refractivity contribution >= 4 is 38.9 Å². The van der Waals surface area contributed by atoms with Crippen LogP contribution in [0.4, 0.5) is 0 Å². The Balaban J connectivity index is 2.29. The van der Waals surface area contributed by atoms with E-state index in [1.54, 1.807) is 11.3 Å². The molecule has 0 amide bonds. The van der Waals surface area contributed by atoms with Gasteiger partial charge in [-0.3, -0.25) is 4.90 Å². The molecule has 2 rings (SSSR count). The number of halogens is 2. The molecule has 0 spiro atoms. The molecule has 0 bridgehead atoms. The van der Waals surface area contributed by atoms with Crippen molar-refractivity contribution in [3.8, 4) is 0 Å². The quantitative estimate of drug-likeness (QED) is 0.811. The van der Waals surface area contributed by atoms with Gasteiger partial charge in [-0.15, -0.1) is 11.3 Å². The Labute approximate surface area is 137 Å². The van der Waals surface area contributed by atoms with Crippen molar-refractivity contribution in [3.05, 3.63) is 55.6 Å². The number of nitrogens with zero attached hydrogens (tertiary/aromatic N) is 1. The topological polar surface area (TPSA) is 29.3 Å². The second-order valence-electron chi connectivity index (χ2n) is 4.77. The van der Waals surface area contributed by atoms with Gasteiger partial charge in [0.05, 0.1) is 0 Å². The maximum atomic E-state index is 6.34. The molecular formula is C15H18BrClN2S. The second-order valence-corrected chi connectivity index (χ2v) is 7.08. The van der Waals surface area contributed by atoms with Crippen molar-refractivity contribution < 1.29 is 0 Å². The Morgan fingerprint density at radius 2 is 2.15 bits per heavy atom. The summed E-state index contributed by atoms with van der Waals surface area (Å²) in [5.41, 5.74) is 7.07. The van der Waals surface area contributed by atoms with Crippen LogP contribution in [0.25, 0.3) is 0 Å². The van der Waals surface area contributed by atoms with Gasteiger partial charge in [0.25, 0.3) is 0 Å². The van der Waals surface area contributed by atoms with Crippen molar-refractivity contribution in [1.82, 2.24) is 4.90 Å². The lowest BCUT2D eigenvalue weighted by Crippen LogP contribution is -2.32. The van der Waals surface area contributed by atoms with E-state index >= 15 is 0 Å². The van der Waals surface area contributed by atoms with E-state index in [0.29, 0.717) is 12.6 Å². The molecule has 1 aromatic carbocycles. The molecule has 108 valence electrons. The van der Waals surface area contributed by atoms with Gasteiger partial charge in [-0.05, 0) is 49.2 Å². The first kappa shape index (κ1) is 16.0. The van der Waals surface area contributed by atoms with Gasteiger partial charge in [-0.1, -0.05) is 33.6 Å². The van der Waals surface area contributed by atoms with Gasteiger partial charge >= 0.3 is 0 Å². The average Bonchev–Trinajstić information content (AvgIpc) is 2.96. The first-order valence-electron chi connectivity index (χ1n) is 6.45. The fraction of sp³-hybridized carbons (Fsp3) is 0.333. The fourth-order valence-corrected chi connectivity index (χ4v) is 3.74. The molecule has 0 saturated heterocycles. The van der Waals surface area contributed by atoms with Crippen LogP contribution in [0.5, 0.6) is 0 Å². The summed E-state index contributed by atoms with van der Waals surface area (Å²) < 4.78 is 1.02. The third-order valence-electron chi connectivity index (χ3n) is 3.60. The van der Waals surface area contributed by atoms with Crippen LogP contribution in [0.1, 0.15) is 29.4 Å². The maximum absolute atomic E-state index is 6.34. The van der Waals surface area contributed by atoms with E-state index in [-0.39, 0.29) is 6.04 Å². The Kier molecular flexibility index (Phi) is 5.64. The van der Waals surface area contributed by atoms with E-state index in [2.05, 4.69) is 58.4 Å². The molecule has 0 saturated carbocycles. The summed E-state index contributed by atoms with van der Waals surface area (Å²) in [6.07, 6.45) is 0. The van der Waals surface area contributed by atoms with E-state index < -0.39 is 0 Å². The number of benzene rings is 1. The minimum Gasteiger partial charge on any atom is -0.329 e. The van der Waals surface area contributed by atoms with Crippen LogP contribution in [-0.4, -0.2) is 18.5 Å². The highest BCUT2D eigenvalue weighted by molar-refractivity contribution is 9.10. The van der Waals surface area contributed by atoms with Gasteiger partial charge in [0.1, 0.15) is 0 Å². The van der Waals surface area contributed by atoms with Crippen molar-refractivity contribution in [2.45, 2.75) is 19.0 Å². The zero-order valence-electron chi connectivity index (χ0n) is 11.5. The van der Waals surface area contributed by atoms with Gasteiger partial charge in [-0.25, -0.2) is 0 Å². The largest absolute Gasteiger partial charge is 0.329 e. The third-order valence-corrected chi connectivity index (χ3v) is 5.48. The van der Waals surface area contributed by atoms with E-state index in [0.717, 1.165) is 15.1 Å². The lowest BCUT2D eigenvalue weighted by Gasteiger charge is -2.33. The van der Waals surface area contributed by atoms with Gasteiger partial charge in [0, 0.05) is 33.0 Å². The van der Waals surface area contributed by atoms with E-state index in [1.165, 1.54) is 4.88 Å². The molecule has 1 aromatic heterocycles. The van der Waals surface area contributed by atoms with Crippen LogP contribution in [0, 0.1) is 0 Å². The molecule has 2 N–H and O–H groups in total. The normalized spacial score (nSPS) is 14.5. The molecule has 0 radical (unpaired) electrons. The first-order valence-corrected chi connectivity index (χ1v) is 8.50. The monoisotopic (exact) mass is 372 g/mol. The summed E-state index contributed by atoms with van der Waals surface area (Å²) in [6, 6.07) is 10.5. The van der Waals surface area contributed by atoms with Gasteiger partial charge in [0.15, 0.2) is 0 Å². The first-order chi connectivity index (χ1) is 9.54. The minimum absolute atomic E-state index is 0.0945. The van der Waals surface area contributed by atoms with Crippen LogP contribution in [0.2, 0.25) is 5.02 Å². The van der Waals surface area contributed by atoms with Crippen LogP contribution in [-0.2, 0) is 0 Å². The molecular weight excluding hydrogens is 356 g/mol. The number of likely N-dealkylation sites (N-methyl/N-ethyl adjacent to an activating group) is 1. The standard InChI is InChI=1S/C15H18BrClN2S/c1-10(15-4-3-7-20-15)19(2)14(9-18)12-8-11(16)5-6-13(12)17/h3-8,10,14H,9,18H2,1-2H3. The number of rotatable bonds is 5. The van der Waals surface area contributed by atoms with Crippen LogP contribution in [0.3, 0.4) is 0 Å². The third kappa shape index (κ3) is 3.43. The number of hydrogen-bond acceptors (Lipinski definition) is 3. The molecule has 0 aliphatic rings. The summed E-state index contributed by atoms with van der Waals surface area (Å²) in [7, 11) is 2.10. The molecule has 2 aromatic rings. The van der Waals surface area contributed by atoms with Gasteiger partial charge in [0.2, 0.25) is 0 Å². The zero-order valence-corrected chi connectivity index (χ0v) is 14.7. The number of nitrogens with two attached hydrogens (primary N) is 1. The summed E-state index contributed by atoms with van der Waals surface area (Å²) >= 11 is 11.6. The molecule has 0 aliphatic carbocycles. The Morgan fingerprint density at radius 3 is 2.75 bits per heavy atom. The predicted molar refractivity (Wildman–Crippen MR) is 91.4 cm³/mol. The van der Waals surface area contributed by atoms with Crippen molar-refractivity contribution in [2.75, 3.05) is 13.6 Å². The molecule has 2 unspecified atom stereocenters. The SMILES string of the molecule is CC(c1cccs1)N(C)C(CN)c1cc(Br)ccc1Cl. The molecule has 0 fully saturated rings. The maximum Gasteiger partial charge on any atom is 0.0488 e. The molecule has 1 heterocycles. The van der Waals surface area contributed by atoms with E-state index in [4.69, 9.17) is 17.3 Å². The molecule has 2 nitrogen and oxygen atoms in total. The smallest absolute Gasteiger partial charge is 0.0488 e. The zero-order chi connectivity index (χ0) is 14.7. The molecule has 2 atom stereocenters. The lowest BCUT2D eigenvalue weighted by atomic mass is 10.0. The van der Waals surface area contributed by atoms with E-state index in [1.807, 2.05) is 12.1 Å². The Hall–Kier alpha value is -0.390. The summed E-state index contributed by atoms with van der Waals surface area (Å²) in [6.45, 7) is 2.72. The summed E-state index contributed by atoms with van der Waals surface area (Å²) in [4.78, 5) is 3.61. The predicted octanol–water partition coefficient (Wildman–Crippen LogP) is 4.86. The van der Waals surface area contributed by atoms with Crippen molar-refractivity contribution in [2.24, 2.45) is 5.73 Å². The second kappa shape index (κ2) is 7.05. The Morgan fingerprint density at radius 1 is 1.40 bits per heavy atom. The molecule has 5 heteroatoms. The highest BCUT2D eigenvalue weighted by Crippen LogP contribution is 2.34. The van der Waals surface area contributed by atoms with E-state index in [9.17, 15) is 0 Å². The Bertz CT molecular complexity index is 559. The van der Waals surface area contributed by atoms with Gasteiger partial charge in [-0.2, -0.15) is 0 Å². The average molecular weight is 374 g/mol. The highest BCUT2D eigenvalue weighted by atomic mass is 79.9. The van der Waals surface area contributed by atoms with Crippen LogP contribution >= 0.6 is 38.9 Å². The number of thiophene rings is 1. The molecule has 20 heavy (non-hydrogen) atoms. The molecule has 0 aliphatic heterocycles. The van der Waals surface area contributed by atoms with Crippen LogP contribution in [0.15, 0.2) is 40.2 Å². The lowest BCUT2D eigenvalue weighted by molar-refractivity contribution is 0.193. The summed E-state index contributed by atoms with van der Waals surface area (Å²) in [5, 5.41) is 2.86. The van der Waals surface area contributed by atoms with Gasteiger partial charge < -0.3 is 5.73 Å². The minimum atomic E-state index is 0.0945. The highest BCUT2D eigenvalue weighted by Gasteiger charge is 2.23. The fourth-order valence-electron chi connectivity index (χ4n) is 2.28.